The summed E-state index contributed by atoms with van der Waals surface area (Å²) in [6.45, 7) is 0. The van der Waals surface area contributed by atoms with E-state index in [1.807, 2.05) is 7.11 Å². The van der Waals surface area contributed by atoms with E-state index in [9.17, 15) is 5.11 Å². The predicted molar refractivity (Wildman–Crippen MR) is 49.4 cm³/mol. The van der Waals surface area contributed by atoms with Crippen molar-refractivity contribution in [3.05, 3.63) is 0 Å². The lowest BCUT2D eigenvalue weighted by atomic mass is 9.52. The number of rotatable bonds is 1. The van der Waals surface area contributed by atoms with Gasteiger partial charge in [0.1, 0.15) is 0 Å². The van der Waals surface area contributed by atoms with Crippen molar-refractivity contribution in [3.63, 3.8) is 0 Å². The minimum absolute atomic E-state index is 0.0544. The highest BCUT2D eigenvalue weighted by atomic mass is 16.5. The molecule has 74 valence electrons. The molecule has 0 saturated heterocycles. The zero-order chi connectivity index (χ0) is 9.10. The SMILES string of the molecule is COC12CC3CC(CC(O)(C3)C1)C2. The van der Waals surface area contributed by atoms with Crippen LogP contribution in [-0.2, 0) is 4.74 Å². The number of aliphatic hydroxyl groups is 1. The van der Waals surface area contributed by atoms with Crippen molar-refractivity contribution in [1.82, 2.24) is 0 Å². The Kier molecular flexibility index (Phi) is 1.45. The quantitative estimate of drug-likeness (QED) is 0.669. The monoisotopic (exact) mass is 182 g/mol. The fourth-order valence-corrected chi connectivity index (χ4v) is 4.37. The van der Waals surface area contributed by atoms with E-state index in [0.717, 1.165) is 31.1 Å². The Labute approximate surface area is 79.3 Å². The van der Waals surface area contributed by atoms with Crippen molar-refractivity contribution in [2.45, 2.75) is 49.7 Å². The summed E-state index contributed by atoms with van der Waals surface area (Å²) in [5.41, 5.74) is -0.307. The van der Waals surface area contributed by atoms with E-state index in [0.29, 0.717) is 0 Å². The molecule has 0 aromatic rings. The van der Waals surface area contributed by atoms with Gasteiger partial charge in [-0.2, -0.15) is 0 Å². The molecule has 2 unspecified atom stereocenters. The fraction of sp³-hybridized carbons (Fsp3) is 1.00. The highest BCUT2D eigenvalue weighted by Crippen LogP contribution is 2.58. The van der Waals surface area contributed by atoms with Crippen molar-refractivity contribution >= 4 is 0 Å². The Bertz CT molecular complexity index is 222. The predicted octanol–water partition coefficient (Wildman–Crippen LogP) is 1.72. The number of hydrogen-bond donors (Lipinski definition) is 1. The first-order valence-corrected chi connectivity index (χ1v) is 5.41. The third kappa shape index (κ3) is 1.08. The highest BCUT2D eigenvalue weighted by Gasteiger charge is 2.57. The van der Waals surface area contributed by atoms with Gasteiger partial charge in [-0.05, 0) is 43.9 Å². The first-order valence-electron chi connectivity index (χ1n) is 5.41. The Morgan fingerprint density at radius 2 is 1.77 bits per heavy atom. The number of ether oxygens (including phenoxy) is 1. The van der Waals surface area contributed by atoms with E-state index in [1.54, 1.807) is 0 Å². The van der Waals surface area contributed by atoms with Crippen LogP contribution in [-0.4, -0.2) is 23.4 Å². The molecular weight excluding hydrogens is 164 g/mol. The van der Waals surface area contributed by atoms with Gasteiger partial charge in [-0.15, -0.1) is 0 Å². The molecule has 4 aliphatic carbocycles. The molecule has 4 rings (SSSR count). The Balaban J connectivity index is 1.95. The van der Waals surface area contributed by atoms with Gasteiger partial charge in [-0.1, -0.05) is 0 Å². The van der Waals surface area contributed by atoms with Crippen molar-refractivity contribution in [1.29, 1.82) is 0 Å². The first kappa shape index (κ1) is 8.25. The largest absolute Gasteiger partial charge is 0.390 e. The summed E-state index contributed by atoms with van der Waals surface area (Å²) in [6, 6.07) is 0. The summed E-state index contributed by atoms with van der Waals surface area (Å²) in [5, 5.41) is 10.3. The molecular formula is C11H18O2. The zero-order valence-corrected chi connectivity index (χ0v) is 8.25. The van der Waals surface area contributed by atoms with Gasteiger partial charge >= 0.3 is 0 Å². The lowest BCUT2D eigenvalue weighted by Gasteiger charge is -2.59. The first-order chi connectivity index (χ1) is 6.13. The highest BCUT2D eigenvalue weighted by molar-refractivity contribution is 5.09. The van der Waals surface area contributed by atoms with E-state index < -0.39 is 0 Å². The van der Waals surface area contributed by atoms with E-state index in [2.05, 4.69) is 0 Å². The van der Waals surface area contributed by atoms with Crippen LogP contribution in [0.3, 0.4) is 0 Å². The van der Waals surface area contributed by atoms with Gasteiger partial charge in [-0.25, -0.2) is 0 Å². The van der Waals surface area contributed by atoms with Crippen LogP contribution in [0.4, 0.5) is 0 Å². The van der Waals surface area contributed by atoms with Crippen molar-refractivity contribution in [2.75, 3.05) is 7.11 Å². The zero-order valence-electron chi connectivity index (χ0n) is 8.25. The molecule has 4 fully saturated rings. The topological polar surface area (TPSA) is 29.5 Å². The molecule has 2 nitrogen and oxygen atoms in total. The maximum Gasteiger partial charge on any atom is 0.0711 e. The third-order valence-electron chi connectivity index (χ3n) is 4.41. The molecule has 2 heteroatoms. The second-order valence-electron chi connectivity index (χ2n) is 5.57. The molecule has 0 aromatic carbocycles. The van der Waals surface area contributed by atoms with Crippen molar-refractivity contribution < 1.29 is 9.84 Å². The van der Waals surface area contributed by atoms with E-state index in [-0.39, 0.29) is 11.2 Å². The number of methoxy groups -OCH3 is 1. The molecule has 1 N–H and O–H groups in total. The van der Waals surface area contributed by atoms with Crippen molar-refractivity contribution in [2.24, 2.45) is 11.8 Å². The van der Waals surface area contributed by atoms with Gasteiger partial charge in [0.25, 0.3) is 0 Å². The third-order valence-corrected chi connectivity index (χ3v) is 4.41. The van der Waals surface area contributed by atoms with Gasteiger partial charge in [0.2, 0.25) is 0 Å². The molecule has 4 saturated carbocycles. The fourth-order valence-electron chi connectivity index (χ4n) is 4.37. The number of hydrogen-bond acceptors (Lipinski definition) is 2. The summed E-state index contributed by atoms with van der Waals surface area (Å²) in [5.74, 6) is 1.48. The molecule has 13 heavy (non-hydrogen) atoms. The Hall–Kier alpha value is -0.0800. The van der Waals surface area contributed by atoms with Crippen LogP contribution in [0.2, 0.25) is 0 Å². The van der Waals surface area contributed by atoms with E-state index in [4.69, 9.17) is 4.74 Å². The molecule has 4 aliphatic rings. The molecule has 0 aliphatic heterocycles. The summed E-state index contributed by atoms with van der Waals surface area (Å²) in [4.78, 5) is 0. The maximum atomic E-state index is 10.3. The van der Waals surface area contributed by atoms with Gasteiger partial charge in [0.15, 0.2) is 0 Å². The minimum atomic E-state index is -0.361. The van der Waals surface area contributed by atoms with Crippen molar-refractivity contribution in [3.8, 4) is 0 Å². The molecule has 0 heterocycles. The molecule has 0 aromatic heterocycles. The molecule has 0 amide bonds. The Morgan fingerprint density at radius 1 is 1.15 bits per heavy atom. The van der Waals surface area contributed by atoms with Crippen LogP contribution in [0.1, 0.15) is 38.5 Å². The summed E-state index contributed by atoms with van der Waals surface area (Å²) >= 11 is 0. The summed E-state index contributed by atoms with van der Waals surface area (Å²) < 4.78 is 5.66. The van der Waals surface area contributed by atoms with E-state index >= 15 is 0 Å². The van der Waals surface area contributed by atoms with Gasteiger partial charge in [0.05, 0.1) is 11.2 Å². The van der Waals surface area contributed by atoms with Crippen LogP contribution in [0, 0.1) is 11.8 Å². The maximum absolute atomic E-state index is 10.3. The summed E-state index contributed by atoms with van der Waals surface area (Å²) in [7, 11) is 1.82. The van der Waals surface area contributed by atoms with Gasteiger partial charge in [0, 0.05) is 13.5 Å². The second kappa shape index (κ2) is 2.29. The average Bonchev–Trinajstić information content (AvgIpc) is 1.99. The smallest absolute Gasteiger partial charge is 0.0711 e. The molecule has 2 atom stereocenters. The van der Waals surface area contributed by atoms with Crippen LogP contribution in [0.25, 0.3) is 0 Å². The average molecular weight is 182 g/mol. The second-order valence-corrected chi connectivity index (χ2v) is 5.57. The van der Waals surface area contributed by atoms with Gasteiger partial charge < -0.3 is 9.84 Å². The summed E-state index contributed by atoms with van der Waals surface area (Å²) in [6.07, 6.45) is 6.70. The minimum Gasteiger partial charge on any atom is -0.390 e. The van der Waals surface area contributed by atoms with E-state index in [1.165, 1.54) is 19.3 Å². The van der Waals surface area contributed by atoms with Crippen LogP contribution < -0.4 is 0 Å². The van der Waals surface area contributed by atoms with Gasteiger partial charge in [-0.3, -0.25) is 0 Å². The lowest BCUT2D eigenvalue weighted by Crippen LogP contribution is -2.59. The normalized spacial score (nSPS) is 58.6. The van der Waals surface area contributed by atoms with Crippen LogP contribution in [0.15, 0.2) is 0 Å². The lowest BCUT2D eigenvalue weighted by molar-refractivity contribution is -0.210. The van der Waals surface area contributed by atoms with Crippen LogP contribution in [0.5, 0.6) is 0 Å². The Morgan fingerprint density at radius 3 is 2.23 bits per heavy atom. The molecule has 4 bridgehead atoms. The molecule has 0 radical (unpaired) electrons. The standard InChI is InChI=1S/C11H18O2/c1-13-11-5-8-2-9(6-11)4-10(12,3-8)7-11/h8-9,12H,2-7H2,1H3. The van der Waals surface area contributed by atoms with Crippen LogP contribution >= 0.6 is 0 Å². The molecule has 0 spiro atoms.